The Morgan fingerprint density at radius 2 is 1.90 bits per heavy atom. The third kappa shape index (κ3) is 5.04. The van der Waals surface area contributed by atoms with E-state index in [0.29, 0.717) is 16.7 Å². The first-order chi connectivity index (χ1) is 14.0. The second-order valence-corrected chi connectivity index (χ2v) is 8.13. The van der Waals surface area contributed by atoms with Crippen molar-refractivity contribution in [3.63, 3.8) is 0 Å². The van der Waals surface area contributed by atoms with E-state index in [2.05, 4.69) is 10.3 Å². The van der Waals surface area contributed by atoms with Crippen LogP contribution in [-0.2, 0) is 6.18 Å². The highest BCUT2D eigenvalue weighted by molar-refractivity contribution is 6.33. The third-order valence-electron chi connectivity index (χ3n) is 5.17. The average Bonchev–Trinajstić information content (AvgIpc) is 2.67. The molecule has 10 heteroatoms. The summed E-state index contributed by atoms with van der Waals surface area (Å²) in [5.41, 5.74) is -2.77. The van der Waals surface area contributed by atoms with Crippen molar-refractivity contribution >= 4 is 29.1 Å². The third-order valence-corrected chi connectivity index (χ3v) is 5.70. The first kappa shape index (κ1) is 22.8. The molecule has 1 atom stereocenters. The summed E-state index contributed by atoms with van der Waals surface area (Å²) in [6.45, 7) is 0. The topological polar surface area (TPSA) is 62.2 Å². The predicted octanol–water partition coefficient (Wildman–Crippen LogP) is 5.52. The first-order valence-corrected chi connectivity index (χ1v) is 9.91. The van der Waals surface area contributed by atoms with Crippen molar-refractivity contribution in [2.45, 2.75) is 49.7 Å². The molecule has 0 saturated heterocycles. The van der Waals surface area contributed by atoms with E-state index in [1.165, 1.54) is 6.07 Å². The minimum absolute atomic E-state index is 0.0590. The van der Waals surface area contributed by atoms with Gasteiger partial charge in [-0.3, -0.25) is 9.78 Å². The second kappa shape index (κ2) is 8.69. The lowest BCUT2D eigenvalue weighted by molar-refractivity contribution is -0.141. The molecule has 1 aromatic carbocycles. The molecule has 3 rings (SSSR count). The monoisotopic (exact) mass is 464 g/mol. The van der Waals surface area contributed by atoms with Crippen LogP contribution in [0.2, 0.25) is 10.0 Å². The predicted molar refractivity (Wildman–Crippen MR) is 104 cm³/mol. The molecule has 2 N–H and O–H groups in total. The minimum Gasteiger partial charge on any atom is -0.387 e. The van der Waals surface area contributed by atoms with Gasteiger partial charge in [0.15, 0.2) is 0 Å². The Labute approximate surface area is 180 Å². The Kier molecular flexibility index (Phi) is 6.60. The Balaban J connectivity index is 1.97. The number of hydrogen-bond acceptors (Lipinski definition) is 3. The Morgan fingerprint density at radius 1 is 1.23 bits per heavy atom. The van der Waals surface area contributed by atoms with Gasteiger partial charge in [0.05, 0.1) is 22.2 Å². The summed E-state index contributed by atoms with van der Waals surface area (Å²) in [7, 11) is 0. The van der Waals surface area contributed by atoms with Crippen LogP contribution in [0, 0.1) is 0 Å². The van der Waals surface area contributed by atoms with E-state index in [0.717, 1.165) is 6.20 Å². The molecular formula is C20H18Cl2F4N2O2. The van der Waals surface area contributed by atoms with E-state index in [9.17, 15) is 27.5 Å². The van der Waals surface area contributed by atoms with Crippen LogP contribution < -0.4 is 5.32 Å². The van der Waals surface area contributed by atoms with Gasteiger partial charge in [-0.05, 0) is 49.4 Å². The Hall–Kier alpha value is -1.90. The lowest BCUT2D eigenvalue weighted by Gasteiger charge is -2.40. The molecule has 0 bridgehead atoms. The van der Waals surface area contributed by atoms with E-state index >= 15 is 0 Å². The van der Waals surface area contributed by atoms with Gasteiger partial charge < -0.3 is 10.4 Å². The number of alkyl halides is 4. The van der Waals surface area contributed by atoms with Crippen LogP contribution in [0.5, 0.6) is 0 Å². The summed E-state index contributed by atoms with van der Waals surface area (Å²) < 4.78 is 52.6. The lowest BCUT2D eigenvalue weighted by atomic mass is 9.76. The van der Waals surface area contributed by atoms with Gasteiger partial charge in [-0.25, -0.2) is 4.39 Å². The van der Waals surface area contributed by atoms with E-state index < -0.39 is 41.2 Å². The molecule has 4 nitrogen and oxygen atoms in total. The number of halogens is 6. The first-order valence-electron chi connectivity index (χ1n) is 9.15. The summed E-state index contributed by atoms with van der Waals surface area (Å²) >= 11 is 11.9. The fraction of sp³-hybridized carbons (Fsp3) is 0.400. The van der Waals surface area contributed by atoms with Gasteiger partial charge in [0, 0.05) is 11.2 Å². The van der Waals surface area contributed by atoms with E-state index in [1.54, 1.807) is 18.2 Å². The highest BCUT2D eigenvalue weighted by Gasteiger charge is 2.42. The minimum atomic E-state index is -4.76. The van der Waals surface area contributed by atoms with Crippen molar-refractivity contribution in [2.75, 3.05) is 0 Å². The van der Waals surface area contributed by atoms with Gasteiger partial charge in [0.1, 0.15) is 11.9 Å². The average molecular weight is 465 g/mol. The Morgan fingerprint density at radius 3 is 2.50 bits per heavy atom. The van der Waals surface area contributed by atoms with Gasteiger partial charge in [-0.1, -0.05) is 35.3 Å². The van der Waals surface area contributed by atoms with E-state index in [4.69, 9.17) is 23.2 Å². The number of benzene rings is 1. The molecule has 162 valence electrons. The van der Waals surface area contributed by atoms with Crippen LogP contribution in [0.15, 0.2) is 36.5 Å². The summed E-state index contributed by atoms with van der Waals surface area (Å²) in [4.78, 5) is 16.1. The smallest absolute Gasteiger partial charge is 0.387 e. The molecule has 1 heterocycles. The number of hydrogen-bond donors (Lipinski definition) is 2. The van der Waals surface area contributed by atoms with Gasteiger partial charge in [-0.15, -0.1) is 0 Å². The van der Waals surface area contributed by atoms with Crippen molar-refractivity contribution in [3.05, 3.63) is 63.4 Å². The number of amides is 1. The summed E-state index contributed by atoms with van der Waals surface area (Å²) in [6.07, 6.45) is -4.77. The highest BCUT2D eigenvalue weighted by atomic mass is 35.5. The molecule has 1 aromatic heterocycles. The maximum Gasteiger partial charge on any atom is 0.433 e. The highest BCUT2D eigenvalue weighted by Crippen LogP contribution is 2.40. The molecule has 1 saturated carbocycles. The maximum atomic E-state index is 13.6. The van der Waals surface area contributed by atoms with Crippen molar-refractivity contribution in [2.24, 2.45) is 0 Å². The molecule has 0 spiro atoms. The van der Waals surface area contributed by atoms with Gasteiger partial charge >= 0.3 is 6.18 Å². The van der Waals surface area contributed by atoms with E-state index in [-0.39, 0.29) is 30.7 Å². The molecule has 1 aliphatic carbocycles. The number of carbonyl (C=O) groups is 1. The van der Waals surface area contributed by atoms with Crippen molar-refractivity contribution < 1.29 is 27.5 Å². The molecule has 30 heavy (non-hydrogen) atoms. The van der Waals surface area contributed by atoms with Crippen molar-refractivity contribution in [1.29, 1.82) is 0 Å². The lowest BCUT2D eigenvalue weighted by Crippen LogP contribution is -2.48. The number of carbonyl (C=O) groups excluding carboxylic acids is 1. The standard InChI is InChI=1S/C20H18Cl2F4N2O2/c21-12-3-1-2-11(8-12)17(19(30)6-4-13(23)5-7-19)28-18(29)14-9-16(20(24,25)26)27-10-15(14)22/h1-3,8-10,13,17,30H,4-7H2,(H,28,29)/t13?,17-,19?/m0/s1. The van der Waals surface area contributed by atoms with Crippen LogP contribution in [0.3, 0.4) is 0 Å². The second-order valence-electron chi connectivity index (χ2n) is 7.29. The molecule has 1 amide bonds. The van der Waals surface area contributed by atoms with Gasteiger partial charge in [-0.2, -0.15) is 13.2 Å². The number of aliphatic hydroxyl groups is 1. The maximum absolute atomic E-state index is 13.6. The van der Waals surface area contributed by atoms with Gasteiger partial charge in [0.2, 0.25) is 0 Å². The number of nitrogens with one attached hydrogen (secondary N) is 1. The molecule has 0 radical (unpaired) electrons. The summed E-state index contributed by atoms with van der Waals surface area (Å²) in [6, 6.07) is 5.88. The zero-order valence-electron chi connectivity index (χ0n) is 15.5. The zero-order valence-corrected chi connectivity index (χ0v) is 17.0. The van der Waals surface area contributed by atoms with Crippen LogP contribution >= 0.6 is 23.2 Å². The molecule has 1 aliphatic rings. The number of pyridine rings is 1. The fourth-order valence-electron chi connectivity index (χ4n) is 3.56. The zero-order chi connectivity index (χ0) is 22.1. The fourth-order valence-corrected chi connectivity index (χ4v) is 3.95. The molecule has 0 unspecified atom stereocenters. The number of aromatic nitrogens is 1. The largest absolute Gasteiger partial charge is 0.433 e. The van der Waals surface area contributed by atoms with Crippen LogP contribution in [-0.4, -0.2) is 27.8 Å². The van der Waals surface area contributed by atoms with Crippen molar-refractivity contribution in [1.82, 2.24) is 10.3 Å². The Bertz CT molecular complexity index is 931. The van der Waals surface area contributed by atoms with Crippen molar-refractivity contribution in [3.8, 4) is 0 Å². The van der Waals surface area contributed by atoms with Crippen LogP contribution in [0.4, 0.5) is 17.6 Å². The number of rotatable bonds is 4. The van der Waals surface area contributed by atoms with Gasteiger partial charge in [0.25, 0.3) is 5.91 Å². The molecular weight excluding hydrogens is 447 g/mol. The quantitative estimate of drug-likeness (QED) is 0.585. The molecule has 1 fully saturated rings. The molecule has 0 aliphatic heterocycles. The van der Waals surface area contributed by atoms with Crippen LogP contribution in [0.1, 0.15) is 53.3 Å². The SMILES string of the molecule is O=C(N[C@@H](c1cccc(Cl)c1)C1(O)CCC(F)CC1)c1cc(C(F)(F)F)ncc1Cl. The van der Waals surface area contributed by atoms with E-state index in [1.807, 2.05) is 0 Å². The summed E-state index contributed by atoms with van der Waals surface area (Å²) in [5, 5.41) is 13.8. The normalized spacial score (nSPS) is 23.1. The molecule has 2 aromatic rings. The van der Waals surface area contributed by atoms with Crippen LogP contribution in [0.25, 0.3) is 0 Å². The summed E-state index contributed by atoms with van der Waals surface area (Å²) in [5.74, 6) is -0.923. The number of nitrogens with zero attached hydrogens (tertiary/aromatic N) is 1.